The lowest BCUT2D eigenvalue weighted by Gasteiger charge is -2.26. The number of hydrogen-bond donors (Lipinski definition) is 21. The second kappa shape index (κ2) is 67.0. The molecule has 0 aromatic heterocycles. The van der Waals surface area contributed by atoms with Crippen molar-refractivity contribution in [2.75, 3.05) is 39.3 Å². The molecule has 2 aromatic rings. The Hall–Kier alpha value is -10.4. The molecule has 0 bridgehead atoms. The normalized spacial score (nSPS) is 15.1. The highest BCUT2D eigenvalue weighted by molar-refractivity contribution is 5.88. The largest absolute Gasteiger partial charge is 0.481 e. The molecular weight excluding hydrogens is 1770 g/mol. The lowest BCUT2D eigenvalue weighted by Crippen LogP contribution is -2.48. The summed E-state index contributed by atoms with van der Waals surface area (Å²) in [5, 5.41) is 52.9. The Bertz CT molecular complexity index is 4070. The predicted molar refractivity (Wildman–Crippen MR) is 533 cm³/mol. The molecule has 2 aromatic carbocycles. The highest BCUT2D eigenvalue weighted by Gasteiger charge is 2.34. The number of hydrogen-bond acceptors (Lipinski definition) is 22. The number of nitrogens with one attached hydrogen (secondary N) is 15. The van der Waals surface area contributed by atoms with Crippen LogP contribution in [-0.2, 0) is 76.7 Å². The molecule has 15 unspecified atom stereocenters. The Morgan fingerprint density at radius 1 is 0.254 bits per heavy atom. The summed E-state index contributed by atoms with van der Waals surface area (Å²) in [5.74, 6) is -8.01. The third kappa shape index (κ3) is 52.0. The number of nitrogens with two attached hydrogens (primary N) is 5. The quantitative estimate of drug-likeness (QED) is 0.0356. The van der Waals surface area contributed by atoms with Crippen LogP contribution in [0.3, 0.4) is 0 Å². The number of rotatable bonds is 72. The molecule has 15 amide bonds. The third-order valence-corrected chi connectivity index (χ3v) is 24.6. The van der Waals surface area contributed by atoms with Crippen molar-refractivity contribution >= 4 is 94.8 Å². The molecule has 780 valence electrons. The van der Waals surface area contributed by atoms with Crippen LogP contribution in [0.1, 0.15) is 314 Å². The number of carboxylic acids is 1. The van der Waals surface area contributed by atoms with E-state index in [1.165, 1.54) is 0 Å². The maximum atomic E-state index is 13.9. The summed E-state index contributed by atoms with van der Waals surface area (Å²) in [4.78, 5) is 215. The smallest absolute Gasteiger partial charge is 0.407 e. The minimum absolute atomic E-state index is 0.0769. The van der Waals surface area contributed by atoms with Gasteiger partial charge in [-0.05, 0) is 183 Å². The van der Waals surface area contributed by atoms with E-state index in [0.717, 1.165) is 22.3 Å². The molecule has 1 aliphatic rings. The van der Waals surface area contributed by atoms with Crippen molar-refractivity contribution in [3.8, 4) is 11.1 Å². The topological polar surface area (TPSA) is 613 Å². The molecule has 0 heterocycles. The number of amides is 15. The SMILES string of the molecule is CC(CC(=O)NC(CCCCN)CC(=O)NC(CC(=O)O)C(C)C)NC(=O)CC(NC(=O)CC(CCCCN)NC(=O)CC(C)NC(=O)CC(NC(=O)CC(CCCCN)NC(=O)CC(C)NC(=O)CC(NC(=O)CC(CCCCN)NC(=O)CC(C)NC(=O)CC(NC(=O)CC(CCCCN)NC(=O)CC(C)NC(=O)OCC1c2ccccc2-c2ccccc21)C(C)C)C(C)C)C(C)C)C(C)C. The number of carbonyl (C=O) groups is 16. The summed E-state index contributed by atoms with van der Waals surface area (Å²) in [6, 6.07) is 6.61. The zero-order valence-corrected chi connectivity index (χ0v) is 85.0. The first-order valence-electron chi connectivity index (χ1n) is 50.3. The van der Waals surface area contributed by atoms with Gasteiger partial charge in [0, 0.05) is 186 Å². The van der Waals surface area contributed by atoms with Crippen LogP contribution in [0.2, 0.25) is 0 Å². The lowest BCUT2D eigenvalue weighted by molar-refractivity contribution is -0.138. The maximum absolute atomic E-state index is 13.9. The summed E-state index contributed by atoms with van der Waals surface area (Å²) in [7, 11) is 0. The Morgan fingerprint density at radius 2 is 0.449 bits per heavy atom. The van der Waals surface area contributed by atoms with Crippen molar-refractivity contribution < 1.29 is 86.6 Å². The molecular formula is C100H172N20O18. The average molecular weight is 1940 g/mol. The van der Waals surface area contributed by atoms with Crippen LogP contribution in [0, 0.1) is 29.6 Å². The molecule has 0 saturated carbocycles. The van der Waals surface area contributed by atoms with E-state index in [0.29, 0.717) is 129 Å². The highest BCUT2D eigenvalue weighted by atomic mass is 16.5. The van der Waals surface area contributed by atoms with E-state index in [4.69, 9.17) is 33.4 Å². The monoisotopic (exact) mass is 1940 g/mol. The molecule has 3 rings (SSSR count). The van der Waals surface area contributed by atoms with Gasteiger partial charge >= 0.3 is 12.1 Å². The fraction of sp³-hybridized carbons (Fsp3) is 0.720. The molecule has 38 nitrogen and oxygen atoms in total. The van der Waals surface area contributed by atoms with Crippen LogP contribution in [0.15, 0.2) is 48.5 Å². The standard InChI is InChI=1S/C100H172N20O18/c1-60(2)80(54-95(131)107-66(12)45-86(122)112-72(32-22-27-41-103)51-92(128)118-82(62(5)6)56-97(133)109-68(14)47-88(124)114-74(34-24-29-43-105)53-94(130)120-84(64(9)10)58-99(135)136)116-90(126)49-70(30-20-25-39-101)111-85(121)44-65(11)106-96(132)55-81(61(3)4)117-91(127)50-71(31-21-26-40-102)113-87(123)46-67(13)108-98(134)57-83(63(7)8)119-93(129)52-73(33-23-28-42-104)115-89(125)48-69(15)110-100(137)138-59-79-77-37-18-16-35-75(77)76-36-17-19-38-78(76)79/h16-19,35-38,60-74,79-84H,20-34,39-59,101-105H2,1-15H3,(H,106,132)(H,107,131)(H,108,134)(H,109,133)(H,110,137)(H,111,121)(H,112,122)(H,113,123)(H,114,124)(H,115,125)(H,116,126)(H,117,127)(H,118,128)(H,119,129)(H,120,130)(H,135,136). The summed E-state index contributed by atoms with van der Waals surface area (Å²) in [6.45, 7) is 28.9. The van der Waals surface area contributed by atoms with E-state index < -0.39 is 174 Å². The molecule has 0 spiro atoms. The summed E-state index contributed by atoms with van der Waals surface area (Å²) >= 11 is 0. The zero-order valence-electron chi connectivity index (χ0n) is 85.0. The molecule has 0 fully saturated rings. The van der Waals surface area contributed by atoms with Crippen molar-refractivity contribution in [1.82, 2.24) is 79.8 Å². The zero-order chi connectivity index (χ0) is 103. The van der Waals surface area contributed by atoms with Gasteiger partial charge in [-0.3, -0.25) is 71.9 Å². The number of fused-ring (bicyclic) bond motifs is 3. The van der Waals surface area contributed by atoms with E-state index in [1.807, 2.05) is 106 Å². The fourth-order valence-electron chi connectivity index (χ4n) is 16.8. The number of carboxylic acid groups (broad SMARTS) is 1. The van der Waals surface area contributed by atoms with Crippen LogP contribution >= 0.6 is 0 Å². The fourth-order valence-corrected chi connectivity index (χ4v) is 16.8. The minimum Gasteiger partial charge on any atom is -0.481 e. The third-order valence-electron chi connectivity index (χ3n) is 24.6. The number of alkyl carbamates (subject to hydrolysis) is 1. The van der Waals surface area contributed by atoms with E-state index in [2.05, 4.69) is 91.9 Å². The van der Waals surface area contributed by atoms with E-state index in [-0.39, 0.29) is 150 Å². The van der Waals surface area contributed by atoms with Crippen molar-refractivity contribution in [2.24, 2.45) is 58.3 Å². The Labute approximate surface area is 818 Å². The van der Waals surface area contributed by atoms with Crippen LogP contribution in [0.25, 0.3) is 11.1 Å². The number of benzene rings is 2. The van der Waals surface area contributed by atoms with Crippen LogP contribution in [0.4, 0.5) is 4.79 Å². The van der Waals surface area contributed by atoms with Crippen molar-refractivity contribution in [3.05, 3.63) is 59.7 Å². The molecule has 0 aliphatic heterocycles. The van der Waals surface area contributed by atoms with Crippen molar-refractivity contribution in [3.63, 3.8) is 0 Å². The first kappa shape index (κ1) is 122. The van der Waals surface area contributed by atoms with Gasteiger partial charge in [0.1, 0.15) is 6.61 Å². The van der Waals surface area contributed by atoms with Gasteiger partial charge in [0.15, 0.2) is 0 Å². The molecule has 1 aliphatic carbocycles. The van der Waals surface area contributed by atoms with Gasteiger partial charge in [-0.2, -0.15) is 0 Å². The van der Waals surface area contributed by atoms with E-state index >= 15 is 0 Å². The molecule has 0 saturated heterocycles. The Balaban J connectivity index is 1.51. The first-order valence-corrected chi connectivity index (χ1v) is 50.3. The molecule has 15 atom stereocenters. The molecule has 138 heavy (non-hydrogen) atoms. The number of ether oxygens (including phenoxy) is 1. The first-order chi connectivity index (χ1) is 65.3. The summed E-state index contributed by atoms with van der Waals surface area (Å²) in [5.41, 5.74) is 33.4. The summed E-state index contributed by atoms with van der Waals surface area (Å²) in [6.07, 6.45) is 5.76. The number of unbranched alkanes of at least 4 members (excludes halogenated alkanes) is 5. The molecule has 0 radical (unpaired) electrons. The Kier molecular flexibility index (Phi) is 59.1. The van der Waals surface area contributed by atoms with Gasteiger partial charge < -0.3 is 118 Å². The average Bonchev–Trinajstić information content (AvgIpc) is 1.61. The molecule has 38 heteroatoms. The van der Waals surface area contributed by atoms with E-state index in [9.17, 15) is 81.8 Å². The van der Waals surface area contributed by atoms with E-state index in [1.54, 1.807) is 34.6 Å². The van der Waals surface area contributed by atoms with Gasteiger partial charge in [0.25, 0.3) is 0 Å². The second-order valence-corrected chi connectivity index (χ2v) is 39.5. The van der Waals surface area contributed by atoms with Gasteiger partial charge in [-0.25, -0.2) is 4.79 Å². The van der Waals surface area contributed by atoms with Crippen LogP contribution in [0.5, 0.6) is 0 Å². The van der Waals surface area contributed by atoms with Crippen molar-refractivity contribution in [1.29, 1.82) is 0 Å². The molecule has 26 N–H and O–H groups in total. The minimum atomic E-state index is -1.05. The van der Waals surface area contributed by atoms with Crippen molar-refractivity contribution in [2.45, 2.75) is 393 Å². The second-order valence-electron chi connectivity index (χ2n) is 39.5. The highest BCUT2D eigenvalue weighted by Crippen LogP contribution is 2.44. The van der Waals surface area contributed by atoms with Crippen LogP contribution < -0.4 is 108 Å². The summed E-state index contributed by atoms with van der Waals surface area (Å²) < 4.78 is 5.70. The number of aliphatic carboxylic acids is 1. The van der Waals surface area contributed by atoms with Gasteiger partial charge in [0.05, 0.1) is 6.42 Å². The van der Waals surface area contributed by atoms with Gasteiger partial charge in [-0.15, -0.1) is 0 Å². The Morgan fingerprint density at radius 3 is 0.659 bits per heavy atom. The number of carbonyl (C=O) groups excluding carboxylic acids is 15. The van der Waals surface area contributed by atoms with Gasteiger partial charge in [-0.1, -0.05) is 150 Å². The van der Waals surface area contributed by atoms with Gasteiger partial charge in [0.2, 0.25) is 82.7 Å². The predicted octanol–water partition coefficient (Wildman–Crippen LogP) is 5.64. The lowest BCUT2D eigenvalue weighted by atomic mass is 9.98. The maximum Gasteiger partial charge on any atom is 0.407 e. The van der Waals surface area contributed by atoms with Crippen LogP contribution in [-0.4, -0.2) is 230 Å².